The molecule has 1 atom stereocenters. The van der Waals surface area contributed by atoms with Gasteiger partial charge in [-0.2, -0.15) is 0 Å². The first kappa shape index (κ1) is 20.9. The molecule has 19 heavy (non-hydrogen) atoms. The van der Waals surface area contributed by atoms with Crippen molar-refractivity contribution in [3.63, 3.8) is 0 Å². The van der Waals surface area contributed by atoms with Crippen LogP contribution < -0.4 is 11.1 Å². The molecule has 0 spiro atoms. The first-order valence-corrected chi connectivity index (χ1v) is 6.92. The van der Waals surface area contributed by atoms with E-state index in [9.17, 15) is 4.79 Å². The minimum Gasteiger partial charge on any atom is -0.352 e. The van der Waals surface area contributed by atoms with Crippen LogP contribution in [0.5, 0.6) is 0 Å². The number of carbonyl (C=O) groups is 1. The van der Waals surface area contributed by atoms with E-state index in [-0.39, 0.29) is 36.8 Å². The van der Waals surface area contributed by atoms with Crippen LogP contribution in [0.4, 0.5) is 0 Å². The number of nitrogens with one attached hydrogen (secondary N) is 1. The van der Waals surface area contributed by atoms with Gasteiger partial charge in [-0.3, -0.25) is 4.79 Å². The average molecular weight is 328 g/mol. The third-order valence-corrected chi connectivity index (χ3v) is 3.13. The summed E-state index contributed by atoms with van der Waals surface area (Å²) in [6.07, 6.45) is 2.12. The Morgan fingerprint density at radius 3 is 2.63 bits per heavy atom. The van der Waals surface area contributed by atoms with Crippen molar-refractivity contribution < 1.29 is 4.79 Å². The smallest absolute Gasteiger partial charge is 0.220 e. The van der Waals surface area contributed by atoms with Gasteiger partial charge in [0.2, 0.25) is 5.91 Å². The highest BCUT2D eigenvalue weighted by molar-refractivity contribution is 7.07. The molecule has 0 radical (unpaired) electrons. The van der Waals surface area contributed by atoms with Crippen molar-refractivity contribution in [2.24, 2.45) is 11.7 Å². The van der Waals surface area contributed by atoms with Crippen molar-refractivity contribution in [3.05, 3.63) is 16.6 Å². The summed E-state index contributed by atoms with van der Waals surface area (Å²) in [4.78, 5) is 15.8. The van der Waals surface area contributed by atoms with Crippen LogP contribution in [0.1, 0.15) is 32.4 Å². The number of nitrogens with zero attached hydrogens (tertiary/aromatic N) is 1. The fourth-order valence-electron chi connectivity index (χ4n) is 1.69. The number of amides is 1. The molecule has 3 N–H and O–H groups in total. The van der Waals surface area contributed by atoms with Crippen LogP contribution in [0, 0.1) is 5.92 Å². The van der Waals surface area contributed by atoms with Crippen molar-refractivity contribution in [1.29, 1.82) is 0 Å². The van der Waals surface area contributed by atoms with E-state index in [1.807, 2.05) is 5.38 Å². The van der Waals surface area contributed by atoms with Crippen LogP contribution in [-0.2, 0) is 11.2 Å². The van der Waals surface area contributed by atoms with Gasteiger partial charge in [0.05, 0.1) is 11.2 Å². The van der Waals surface area contributed by atoms with Gasteiger partial charge in [0.15, 0.2) is 0 Å². The molecule has 0 aliphatic heterocycles. The predicted molar refractivity (Wildman–Crippen MR) is 85.4 cm³/mol. The Morgan fingerprint density at radius 2 is 2.16 bits per heavy atom. The van der Waals surface area contributed by atoms with E-state index in [4.69, 9.17) is 5.73 Å². The summed E-state index contributed by atoms with van der Waals surface area (Å²) in [7, 11) is 0. The second kappa shape index (κ2) is 11.5. The number of hydrogen-bond donors (Lipinski definition) is 2. The van der Waals surface area contributed by atoms with Gasteiger partial charge < -0.3 is 11.1 Å². The highest BCUT2D eigenvalue weighted by Crippen LogP contribution is 2.06. The number of rotatable bonds is 7. The standard InChI is InChI=1S/C12H21N3OS.2ClH/c1-9(2)5-11(6-13)15-12(16)4-3-10-7-17-8-14-10;;/h7-9,11H,3-6,13H2,1-2H3,(H,15,16);2*1H. The van der Waals surface area contributed by atoms with E-state index in [0.29, 0.717) is 25.3 Å². The summed E-state index contributed by atoms with van der Waals surface area (Å²) >= 11 is 1.56. The van der Waals surface area contributed by atoms with Crippen molar-refractivity contribution in [2.45, 2.75) is 39.2 Å². The molecule has 0 aliphatic carbocycles. The molecule has 0 saturated carbocycles. The van der Waals surface area contributed by atoms with Gasteiger partial charge in [-0.1, -0.05) is 13.8 Å². The molecule has 1 amide bonds. The fraction of sp³-hybridized carbons (Fsp3) is 0.667. The van der Waals surface area contributed by atoms with Gasteiger partial charge in [0.1, 0.15) is 0 Å². The topological polar surface area (TPSA) is 68.0 Å². The van der Waals surface area contributed by atoms with Gasteiger partial charge in [-0.25, -0.2) is 4.98 Å². The zero-order chi connectivity index (χ0) is 12.7. The maximum Gasteiger partial charge on any atom is 0.220 e. The van der Waals surface area contributed by atoms with Gasteiger partial charge in [-0.05, 0) is 18.8 Å². The molecule has 1 aromatic heterocycles. The molecule has 1 aromatic rings. The van der Waals surface area contributed by atoms with Gasteiger partial charge in [-0.15, -0.1) is 36.2 Å². The lowest BCUT2D eigenvalue weighted by molar-refractivity contribution is -0.121. The van der Waals surface area contributed by atoms with E-state index < -0.39 is 0 Å². The van der Waals surface area contributed by atoms with Crippen molar-refractivity contribution >= 4 is 42.1 Å². The molecule has 112 valence electrons. The van der Waals surface area contributed by atoms with E-state index >= 15 is 0 Å². The lowest BCUT2D eigenvalue weighted by atomic mass is 10.0. The molecule has 0 saturated heterocycles. The first-order valence-electron chi connectivity index (χ1n) is 5.98. The minimum atomic E-state index is 0. The van der Waals surface area contributed by atoms with Gasteiger partial charge in [0.25, 0.3) is 0 Å². The monoisotopic (exact) mass is 327 g/mol. The second-order valence-electron chi connectivity index (χ2n) is 4.61. The number of aryl methyl sites for hydroxylation is 1. The summed E-state index contributed by atoms with van der Waals surface area (Å²) < 4.78 is 0. The van der Waals surface area contributed by atoms with E-state index in [2.05, 4.69) is 24.1 Å². The molecular weight excluding hydrogens is 305 g/mol. The zero-order valence-electron chi connectivity index (χ0n) is 11.3. The van der Waals surface area contributed by atoms with Gasteiger partial charge >= 0.3 is 0 Å². The molecule has 0 fully saturated rings. The van der Waals surface area contributed by atoms with Crippen molar-refractivity contribution in [1.82, 2.24) is 10.3 Å². The first-order chi connectivity index (χ1) is 8.11. The predicted octanol–water partition coefficient (Wildman–Crippen LogP) is 2.41. The highest BCUT2D eigenvalue weighted by Gasteiger charge is 2.12. The Kier molecular flexibility index (Phi) is 12.6. The fourth-order valence-corrected chi connectivity index (χ4v) is 2.28. The molecule has 0 aromatic carbocycles. The minimum absolute atomic E-state index is 0. The molecule has 7 heteroatoms. The Hall–Kier alpha value is -0.360. The van der Waals surface area contributed by atoms with Crippen LogP contribution in [-0.4, -0.2) is 23.5 Å². The maximum atomic E-state index is 11.7. The SMILES string of the molecule is CC(C)CC(CN)NC(=O)CCc1cscn1.Cl.Cl. The summed E-state index contributed by atoms with van der Waals surface area (Å²) in [6.45, 7) is 4.76. The van der Waals surface area contributed by atoms with Crippen LogP contribution in [0.3, 0.4) is 0 Å². The maximum absolute atomic E-state index is 11.7. The zero-order valence-corrected chi connectivity index (χ0v) is 13.7. The van der Waals surface area contributed by atoms with Crippen LogP contribution in [0.25, 0.3) is 0 Å². The third-order valence-electron chi connectivity index (χ3n) is 2.50. The molecule has 0 aliphatic rings. The molecule has 1 heterocycles. The summed E-state index contributed by atoms with van der Waals surface area (Å²) in [5.41, 5.74) is 8.41. The molecular formula is C12H23Cl2N3OS. The molecule has 4 nitrogen and oxygen atoms in total. The summed E-state index contributed by atoms with van der Waals surface area (Å²) in [5, 5.41) is 4.95. The number of nitrogens with two attached hydrogens (primary N) is 1. The van der Waals surface area contributed by atoms with Crippen LogP contribution in [0.2, 0.25) is 0 Å². The summed E-state index contributed by atoms with van der Waals surface area (Å²) in [6, 6.07) is 0.0953. The molecule has 1 unspecified atom stereocenters. The van der Waals surface area contributed by atoms with Gasteiger partial charge in [0, 0.05) is 24.4 Å². The average Bonchev–Trinajstić information content (AvgIpc) is 2.77. The largest absolute Gasteiger partial charge is 0.352 e. The highest BCUT2D eigenvalue weighted by atomic mass is 35.5. The van der Waals surface area contributed by atoms with E-state index in [1.165, 1.54) is 0 Å². The number of thiazole rings is 1. The molecule has 0 bridgehead atoms. The van der Waals surface area contributed by atoms with E-state index in [1.54, 1.807) is 16.8 Å². The Morgan fingerprint density at radius 1 is 1.47 bits per heavy atom. The summed E-state index contributed by atoms with van der Waals surface area (Å²) in [5.74, 6) is 0.608. The Bertz CT molecular complexity index is 334. The Balaban J connectivity index is 0. The number of aromatic nitrogens is 1. The van der Waals surface area contributed by atoms with Crippen LogP contribution in [0.15, 0.2) is 10.9 Å². The normalized spacial score (nSPS) is 11.4. The van der Waals surface area contributed by atoms with Crippen molar-refractivity contribution in [2.75, 3.05) is 6.54 Å². The Labute approximate surface area is 131 Å². The number of carbonyl (C=O) groups excluding carboxylic acids is 1. The lowest BCUT2D eigenvalue weighted by Crippen LogP contribution is -2.41. The number of hydrogen-bond acceptors (Lipinski definition) is 4. The van der Waals surface area contributed by atoms with Crippen LogP contribution >= 0.6 is 36.2 Å². The quantitative estimate of drug-likeness (QED) is 0.808. The third kappa shape index (κ3) is 9.21. The van der Waals surface area contributed by atoms with Crippen molar-refractivity contribution in [3.8, 4) is 0 Å². The number of halogens is 2. The lowest BCUT2D eigenvalue weighted by Gasteiger charge is -2.18. The molecule has 1 rings (SSSR count). The van der Waals surface area contributed by atoms with E-state index in [0.717, 1.165) is 12.1 Å². The second-order valence-corrected chi connectivity index (χ2v) is 5.33.